The Bertz CT molecular complexity index is 307. The fraction of sp³-hybridized carbons (Fsp3) is 1.00. The molecular weight excluding hydrogens is 254 g/mol. The molecular formula is C11H27N3O3S. The lowest BCUT2D eigenvalue weighted by Gasteiger charge is -2.21. The molecule has 0 aliphatic heterocycles. The second-order valence-corrected chi connectivity index (χ2v) is 6.59. The summed E-state index contributed by atoms with van der Waals surface area (Å²) in [5.74, 6) is 0. The summed E-state index contributed by atoms with van der Waals surface area (Å²) in [7, 11) is 0.136. The van der Waals surface area contributed by atoms with Gasteiger partial charge < -0.3 is 10.0 Å². The van der Waals surface area contributed by atoms with E-state index in [9.17, 15) is 8.42 Å². The molecule has 0 heterocycles. The average Bonchev–Trinajstić information content (AvgIpc) is 2.30. The summed E-state index contributed by atoms with van der Waals surface area (Å²) >= 11 is 0. The first kappa shape index (κ1) is 17.8. The van der Waals surface area contributed by atoms with E-state index in [-0.39, 0.29) is 6.61 Å². The van der Waals surface area contributed by atoms with Crippen molar-refractivity contribution in [2.45, 2.75) is 32.7 Å². The summed E-state index contributed by atoms with van der Waals surface area (Å²) in [6.07, 6.45) is 1.23. The minimum Gasteiger partial charge on any atom is -0.396 e. The van der Waals surface area contributed by atoms with Crippen LogP contribution in [0.2, 0.25) is 0 Å². The van der Waals surface area contributed by atoms with Crippen LogP contribution in [0.25, 0.3) is 0 Å². The topological polar surface area (TPSA) is 72.9 Å². The van der Waals surface area contributed by atoms with Gasteiger partial charge in [0.25, 0.3) is 10.2 Å². The van der Waals surface area contributed by atoms with Gasteiger partial charge in [-0.05, 0) is 40.3 Å². The predicted molar refractivity (Wildman–Crippen MR) is 73.6 cm³/mol. The van der Waals surface area contributed by atoms with Gasteiger partial charge in [-0.1, -0.05) is 0 Å². The molecule has 0 bridgehead atoms. The number of aliphatic hydroxyl groups is 1. The molecule has 0 amide bonds. The smallest absolute Gasteiger partial charge is 0.279 e. The minimum atomic E-state index is -3.40. The average molecular weight is 281 g/mol. The van der Waals surface area contributed by atoms with E-state index in [1.165, 1.54) is 11.4 Å². The fourth-order valence-electron chi connectivity index (χ4n) is 1.31. The summed E-state index contributed by atoms with van der Waals surface area (Å²) in [5, 5.41) is 8.66. The quantitative estimate of drug-likeness (QED) is 0.547. The van der Waals surface area contributed by atoms with Crippen LogP contribution in [0, 0.1) is 0 Å². The molecule has 0 saturated heterocycles. The number of nitrogens with zero attached hydrogens (tertiary/aromatic N) is 2. The highest BCUT2D eigenvalue weighted by Gasteiger charge is 2.15. The first-order chi connectivity index (χ1) is 8.31. The highest BCUT2D eigenvalue weighted by molar-refractivity contribution is 7.87. The molecule has 0 saturated carbocycles. The van der Waals surface area contributed by atoms with Crippen molar-refractivity contribution in [2.24, 2.45) is 0 Å². The van der Waals surface area contributed by atoms with Crippen molar-refractivity contribution in [3.63, 3.8) is 0 Å². The third-order valence-electron chi connectivity index (χ3n) is 2.90. The van der Waals surface area contributed by atoms with Crippen molar-refractivity contribution in [3.05, 3.63) is 0 Å². The van der Waals surface area contributed by atoms with Crippen LogP contribution in [-0.2, 0) is 10.2 Å². The van der Waals surface area contributed by atoms with Gasteiger partial charge in [0.15, 0.2) is 0 Å². The van der Waals surface area contributed by atoms with Crippen LogP contribution < -0.4 is 4.72 Å². The van der Waals surface area contributed by atoms with E-state index in [4.69, 9.17) is 5.11 Å². The normalized spacial score (nSPS) is 12.9. The summed E-state index contributed by atoms with van der Waals surface area (Å²) in [6.45, 7) is 5.83. The zero-order valence-electron chi connectivity index (χ0n) is 11.9. The third-order valence-corrected chi connectivity index (χ3v) is 4.47. The van der Waals surface area contributed by atoms with E-state index in [1.807, 2.05) is 7.05 Å². The van der Waals surface area contributed by atoms with Crippen molar-refractivity contribution < 1.29 is 13.5 Å². The lowest BCUT2D eigenvalue weighted by atomic mass is 10.3. The summed E-state index contributed by atoms with van der Waals surface area (Å²) in [6, 6.07) is 0.467. The van der Waals surface area contributed by atoms with E-state index >= 15 is 0 Å². The molecule has 0 atom stereocenters. The minimum absolute atomic E-state index is 0.000949. The molecule has 7 heteroatoms. The van der Waals surface area contributed by atoms with Gasteiger partial charge in [0, 0.05) is 32.8 Å². The van der Waals surface area contributed by atoms with Crippen molar-refractivity contribution >= 4 is 10.2 Å². The second kappa shape index (κ2) is 8.82. The summed E-state index contributed by atoms with van der Waals surface area (Å²) < 4.78 is 27.3. The second-order valence-electron chi connectivity index (χ2n) is 4.73. The molecule has 0 aromatic rings. The van der Waals surface area contributed by atoms with Gasteiger partial charge in [-0.15, -0.1) is 0 Å². The monoisotopic (exact) mass is 281 g/mol. The molecule has 110 valence electrons. The maximum atomic E-state index is 11.7. The molecule has 2 N–H and O–H groups in total. The van der Waals surface area contributed by atoms with Gasteiger partial charge in [0.2, 0.25) is 0 Å². The molecule has 0 aliphatic rings. The molecule has 0 spiro atoms. The highest BCUT2D eigenvalue weighted by atomic mass is 32.2. The standard InChI is InChI=1S/C11H27N3O3S/c1-11(2)13(3)8-5-7-12-18(16,17)14(4)9-6-10-15/h11-12,15H,5-10H2,1-4H3. The van der Waals surface area contributed by atoms with Crippen LogP contribution in [0.15, 0.2) is 0 Å². The van der Waals surface area contributed by atoms with Gasteiger partial charge in [0.05, 0.1) is 0 Å². The molecule has 0 aliphatic carbocycles. The van der Waals surface area contributed by atoms with Crippen LogP contribution in [0.1, 0.15) is 26.7 Å². The van der Waals surface area contributed by atoms with Crippen LogP contribution >= 0.6 is 0 Å². The maximum absolute atomic E-state index is 11.7. The summed E-state index contributed by atoms with van der Waals surface area (Å²) in [5.41, 5.74) is 0. The van der Waals surface area contributed by atoms with E-state index in [1.54, 1.807) is 0 Å². The molecule has 18 heavy (non-hydrogen) atoms. The third kappa shape index (κ3) is 7.27. The largest absolute Gasteiger partial charge is 0.396 e. The Balaban J connectivity index is 3.90. The molecule has 6 nitrogen and oxygen atoms in total. The molecule has 0 unspecified atom stereocenters. The lowest BCUT2D eigenvalue weighted by Crippen LogP contribution is -2.40. The van der Waals surface area contributed by atoms with Crippen molar-refractivity contribution in [1.82, 2.24) is 13.9 Å². The van der Waals surface area contributed by atoms with Gasteiger partial charge in [-0.2, -0.15) is 12.7 Å². The van der Waals surface area contributed by atoms with E-state index in [2.05, 4.69) is 23.5 Å². The Labute approximate surface area is 111 Å². The predicted octanol–water partition coefficient (Wildman–Crippen LogP) is -0.135. The van der Waals surface area contributed by atoms with E-state index < -0.39 is 10.2 Å². The van der Waals surface area contributed by atoms with E-state index in [0.717, 1.165) is 13.0 Å². The highest BCUT2D eigenvalue weighted by Crippen LogP contribution is 1.97. The van der Waals surface area contributed by atoms with Gasteiger partial charge >= 0.3 is 0 Å². The first-order valence-corrected chi connectivity index (χ1v) is 7.77. The van der Waals surface area contributed by atoms with Crippen LogP contribution in [0.5, 0.6) is 0 Å². The number of rotatable bonds is 10. The molecule has 0 aromatic heterocycles. The molecule has 0 fully saturated rings. The number of hydrogen-bond donors (Lipinski definition) is 2. The Morgan fingerprint density at radius 2 is 1.78 bits per heavy atom. The Kier molecular flexibility index (Phi) is 8.71. The van der Waals surface area contributed by atoms with Crippen molar-refractivity contribution in [2.75, 3.05) is 40.3 Å². The van der Waals surface area contributed by atoms with Gasteiger partial charge in [0.1, 0.15) is 0 Å². The maximum Gasteiger partial charge on any atom is 0.279 e. The van der Waals surface area contributed by atoms with Crippen LogP contribution in [0.4, 0.5) is 0 Å². The SMILES string of the molecule is CC(C)N(C)CCCNS(=O)(=O)N(C)CCCO. The Hall–Kier alpha value is -0.210. The lowest BCUT2D eigenvalue weighted by molar-refractivity contribution is 0.270. The van der Waals surface area contributed by atoms with E-state index in [0.29, 0.717) is 25.6 Å². The van der Waals surface area contributed by atoms with Gasteiger partial charge in [-0.3, -0.25) is 0 Å². The number of hydrogen-bond acceptors (Lipinski definition) is 4. The van der Waals surface area contributed by atoms with Crippen LogP contribution in [-0.4, -0.2) is 69.1 Å². The number of aliphatic hydroxyl groups excluding tert-OH is 1. The Morgan fingerprint density at radius 1 is 1.17 bits per heavy atom. The summed E-state index contributed by atoms with van der Waals surface area (Å²) in [4.78, 5) is 2.17. The zero-order valence-corrected chi connectivity index (χ0v) is 12.7. The molecule has 0 aromatic carbocycles. The molecule has 0 rings (SSSR count). The first-order valence-electron chi connectivity index (χ1n) is 6.33. The van der Waals surface area contributed by atoms with Crippen LogP contribution in [0.3, 0.4) is 0 Å². The zero-order chi connectivity index (χ0) is 14.2. The molecule has 0 radical (unpaired) electrons. The fourth-order valence-corrected chi connectivity index (χ4v) is 2.30. The number of nitrogens with one attached hydrogen (secondary N) is 1. The van der Waals surface area contributed by atoms with Crippen molar-refractivity contribution in [1.29, 1.82) is 0 Å². The Morgan fingerprint density at radius 3 is 2.28 bits per heavy atom. The van der Waals surface area contributed by atoms with Crippen molar-refractivity contribution in [3.8, 4) is 0 Å². The van der Waals surface area contributed by atoms with Gasteiger partial charge in [-0.25, -0.2) is 4.72 Å².